The molecule has 0 fully saturated rings. The Hall–Kier alpha value is -2.18. The van der Waals surface area contributed by atoms with Gasteiger partial charge in [0.25, 0.3) is 5.91 Å². The van der Waals surface area contributed by atoms with E-state index in [9.17, 15) is 4.79 Å². The van der Waals surface area contributed by atoms with Crippen LogP contribution in [0.3, 0.4) is 0 Å². The SMILES string of the molecule is Cc1ccc(-c2csc(NC(=O)COc3cc(C)c(Br)cc3C(C)C)n2)cc1C. The van der Waals surface area contributed by atoms with Gasteiger partial charge in [0.1, 0.15) is 5.75 Å². The van der Waals surface area contributed by atoms with E-state index >= 15 is 0 Å². The van der Waals surface area contributed by atoms with Crippen molar-refractivity contribution in [2.24, 2.45) is 0 Å². The Kier molecular flexibility index (Phi) is 6.75. The number of amides is 1. The van der Waals surface area contributed by atoms with Gasteiger partial charge in [-0.15, -0.1) is 11.3 Å². The van der Waals surface area contributed by atoms with Crippen molar-refractivity contribution in [1.82, 2.24) is 4.98 Å². The summed E-state index contributed by atoms with van der Waals surface area (Å²) in [5, 5.41) is 5.36. The van der Waals surface area contributed by atoms with Gasteiger partial charge < -0.3 is 4.74 Å². The fourth-order valence-corrected chi connectivity index (χ4v) is 4.01. The first-order valence-electron chi connectivity index (χ1n) is 9.50. The largest absolute Gasteiger partial charge is 0.483 e. The number of aryl methyl sites for hydroxylation is 3. The highest BCUT2D eigenvalue weighted by Gasteiger charge is 2.14. The molecule has 0 aliphatic carbocycles. The second-order valence-electron chi connectivity index (χ2n) is 7.47. The van der Waals surface area contributed by atoms with Crippen molar-refractivity contribution < 1.29 is 9.53 Å². The summed E-state index contributed by atoms with van der Waals surface area (Å²) in [6.45, 7) is 10.3. The van der Waals surface area contributed by atoms with Crippen LogP contribution in [0.25, 0.3) is 11.3 Å². The highest BCUT2D eigenvalue weighted by Crippen LogP contribution is 2.32. The smallest absolute Gasteiger partial charge is 0.264 e. The molecular formula is C23H25BrN2O2S. The van der Waals surface area contributed by atoms with Crippen molar-refractivity contribution >= 4 is 38.3 Å². The third kappa shape index (κ3) is 5.25. The molecule has 0 saturated carbocycles. The zero-order chi connectivity index (χ0) is 21.1. The Labute approximate surface area is 184 Å². The summed E-state index contributed by atoms with van der Waals surface area (Å²) in [4.78, 5) is 16.9. The standard InChI is InChI=1S/C23H25BrN2O2S/c1-13(2)18-10-19(24)16(5)9-21(18)28-11-22(27)26-23-25-20(12-29-23)17-7-6-14(3)15(4)8-17/h6-10,12-13H,11H2,1-5H3,(H,25,26,27). The van der Waals surface area contributed by atoms with E-state index < -0.39 is 0 Å². The van der Waals surface area contributed by atoms with Gasteiger partial charge in [-0.2, -0.15) is 0 Å². The number of thiazole rings is 1. The minimum absolute atomic E-state index is 0.0562. The van der Waals surface area contributed by atoms with Crippen LogP contribution in [0, 0.1) is 20.8 Å². The third-order valence-electron chi connectivity index (χ3n) is 4.83. The zero-order valence-electron chi connectivity index (χ0n) is 17.3. The molecule has 0 radical (unpaired) electrons. The summed E-state index contributed by atoms with van der Waals surface area (Å²) in [5.41, 5.74) is 6.52. The molecule has 152 valence electrons. The van der Waals surface area contributed by atoms with Crippen molar-refractivity contribution in [2.45, 2.75) is 40.5 Å². The topological polar surface area (TPSA) is 51.2 Å². The highest BCUT2D eigenvalue weighted by molar-refractivity contribution is 9.10. The van der Waals surface area contributed by atoms with Crippen LogP contribution in [0.2, 0.25) is 0 Å². The molecular weight excluding hydrogens is 448 g/mol. The van der Waals surface area contributed by atoms with Crippen molar-refractivity contribution in [2.75, 3.05) is 11.9 Å². The summed E-state index contributed by atoms with van der Waals surface area (Å²) in [7, 11) is 0. The van der Waals surface area contributed by atoms with Crippen LogP contribution in [0.15, 0.2) is 40.2 Å². The predicted molar refractivity (Wildman–Crippen MR) is 124 cm³/mol. The summed E-state index contributed by atoms with van der Waals surface area (Å²) in [6, 6.07) is 10.3. The Bertz CT molecular complexity index is 1040. The molecule has 0 bridgehead atoms. The summed E-state index contributed by atoms with van der Waals surface area (Å²) in [5.74, 6) is 0.816. The molecule has 2 aromatic carbocycles. The van der Waals surface area contributed by atoms with E-state index in [1.54, 1.807) is 0 Å². The first kappa shape index (κ1) is 21.5. The lowest BCUT2D eigenvalue weighted by Gasteiger charge is -2.15. The van der Waals surface area contributed by atoms with Crippen LogP contribution in [-0.2, 0) is 4.79 Å². The van der Waals surface area contributed by atoms with Gasteiger partial charge in [0, 0.05) is 15.4 Å². The fraction of sp³-hybridized carbons (Fsp3) is 0.304. The van der Waals surface area contributed by atoms with Gasteiger partial charge in [0.05, 0.1) is 5.69 Å². The van der Waals surface area contributed by atoms with Crippen LogP contribution in [0.5, 0.6) is 5.75 Å². The predicted octanol–water partition coefficient (Wildman–Crippen LogP) is 6.64. The van der Waals surface area contributed by atoms with Crippen LogP contribution in [0.4, 0.5) is 5.13 Å². The lowest BCUT2D eigenvalue weighted by molar-refractivity contribution is -0.118. The first-order valence-corrected chi connectivity index (χ1v) is 11.2. The summed E-state index contributed by atoms with van der Waals surface area (Å²) >= 11 is 4.97. The van der Waals surface area contributed by atoms with E-state index in [4.69, 9.17) is 4.74 Å². The molecule has 1 heterocycles. The first-order chi connectivity index (χ1) is 13.7. The fourth-order valence-electron chi connectivity index (χ4n) is 2.91. The number of ether oxygens (including phenoxy) is 1. The van der Waals surface area contributed by atoms with Crippen LogP contribution in [0.1, 0.15) is 42.0 Å². The van der Waals surface area contributed by atoms with Gasteiger partial charge in [0.2, 0.25) is 0 Å². The molecule has 3 aromatic rings. The lowest BCUT2D eigenvalue weighted by Crippen LogP contribution is -2.20. The number of carbonyl (C=O) groups excluding carboxylic acids is 1. The molecule has 0 spiro atoms. The maximum atomic E-state index is 12.4. The molecule has 1 N–H and O–H groups in total. The van der Waals surface area contributed by atoms with Crippen molar-refractivity contribution in [1.29, 1.82) is 0 Å². The maximum Gasteiger partial charge on any atom is 0.264 e. The number of aromatic nitrogens is 1. The van der Waals surface area contributed by atoms with E-state index in [1.807, 2.05) is 18.4 Å². The number of rotatable bonds is 6. The molecule has 6 heteroatoms. The maximum absolute atomic E-state index is 12.4. The number of halogens is 1. The number of benzene rings is 2. The summed E-state index contributed by atoms with van der Waals surface area (Å²) < 4.78 is 6.87. The molecule has 4 nitrogen and oxygen atoms in total. The number of nitrogens with one attached hydrogen (secondary N) is 1. The minimum atomic E-state index is -0.221. The van der Waals surface area contributed by atoms with Gasteiger partial charge in [-0.05, 0) is 67.1 Å². The molecule has 0 aliphatic rings. The van der Waals surface area contributed by atoms with E-state index in [2.05, 4.69) is 78.2 Å². The number of hydrogen-bond acceptors (Lipinski definition) is 4. The molecule has 1 amide bonds. The Morgan fingerprint density at radius 2 is 1.90 bits per heavy atom. The van der Waals surface area contributed by atoms with Gasteiger partial charge in [-0.25, -0.2) is 4.98 Å². The van der Waals surface area contributed by atoms with Gasteiger partial charge in [-0.1, -0.05) is 41.9 Å². The molecule has 0 saturated heterocycles. The highest BCUT2D eigenvalue weighted by atomic mass is 79.9. The number of hydrogen-bond donors (Lipinski definition) is 1. The normalized spacial score (nSPS) is 11.0. The monoisotopic (exact) mass is 472 g/mol. The number of anilines is 1. The Morgan fingerprint density at radius 3 is 2.59 bits per heavy atom. The van der Waals surface area contributed by atoms with Gasteiger partial charge >= 0.3 is 0 Å². The average molecular weight is 473 g/mol. The number of carbonyl (C=O) groups is 1. The van der Waals surface area contributed by atoms with Crippen molar-refractivity contribution in [3.8, 4) is 17.0 Å². The lowest BCUT2D eigenvalue weighted by atomic mass is 10.0. The Balaban J connectivity index is 1.66. The molecule has 0 unspecified atom stereocenters. The molecule has 1 aromatic heterocycles. The molecule has 3 rings (SSSR count). The zero-order valence-corrected chi connectivity index (χ0v) is 19.7. The van der Waals surface area contributed by atoms with Crippen molar-refractivity contribution in [3.05, 3.63) is 62.4 Å². The average Bonchev–Trinajstić information content (AvgIpc) is 3.12. The van der Waals surface area contributed by atoms with Crippen LogP contribution in [-0.4, -0.2) is 17.5 Å². The molecule has 0 atom stereocenters. The number of nitrogens with zero attached hydrogens (tertiary/aromatic N) is 1. The van der Waals surface area contributed by atoms with E-state index in [0.717, 1.165) is 32.6 Å². The van der Waals surface area contributed by atoms with Crippen LogP contribution >= 0.6 is 27.3 Å². The van der Waals surface area contributed by atoms with Crippen LogP contribution < -0.4 is 10.1 Å². The second kappa shape index (κ2) is 9.09. The van der Waals surface area contributed by atoms with Gasteiger partial charge in [-0.3, -0.25) is 10.1 Å². The van der Waals surface area contributed by atoms with Gasteiger partial charge in [0.15, 0.2) is 11.7 Å². The van der Waals surface area contributed by atoms with E-state index in [0.29, 0.717) is 11.0 Å². The Morgan fingerprint density at radius 1 is 1.14 bits per heavy atom. The van der Waals surface area contributed by atoms with E-state index in [-0.39, 0.29) is 12.5 Å². The van der Waals surface area contributed by atoms with Crippen molar-refractivity contribution in [3.63, 3.8) is 0 Å². The second-order valence-corrected chi connectivity index (χ2v) is 9.18. The third-order valence-corrected chi connectivity index (χ3v) is 6.44. The molecule has 29 heavy (non-hydrogen) atoms. The minimum Gasteiger partial charge on any atom is -0.483 e. The quantitative estimate of drug-likeness (QED) is 0.437. The van der Waals surface area contributed by atoms with E-state index in [1.165, 1.54) is 22.5 Å². The molecule has 0 aliphatic heterocycles. The summed E-state index contributed by atoms with van der Waals surface area (Å²) in [6.07, 6.45) is 0.